The van der Waals surface area contributed by atoms with Gasteiger partial charge in [0.15, 0.2) is 0 Å². The molecule has 1 aromatic heterocycles. The normalized spacial score (nSPS) is 23.1. The largest absolute Gasteiger partial charge is 0.338 e. The molecule has 2 aromatic rings. The van der Waals surface area contributed by atoms with Gasteiger partial charge in [0.05, 0.1) is 0 Å². The van der Waals surface area contributed by atoms with Gasteiger partial charge >= 0.3 is 0 Å². The van der Waals surface area contributed by atoms with Crippen molar-refractivity contribution in [3.8, 4) is 0 Å². The number of carbonyl (C=O) groups excluding carboxylic acids is 1. The lowest BCUT2D eigenvalue weighted by Gasteiger charge is -2.44. The van der Waals surface area contributed by atoms with Crippen LogP contribution in [0.15, 0.2) is 48.8 Å². The van der Waals surface area contributed by atoms with Gasteiger partial charge in [0.25, 0.3) is 0 Å². The lowest BCUT2D eigenvalue weighted by Crippen LogP contribution is -2.50. The lowest BCUT2D eigenvalue weighted by molar-refractivity contribution is -0.133. The molecule has 1 fully saturated rings. The standard InChI is InChI=1S/C23H29N3O/c1-2-22(27)26-16-21-9-4-3-8-20(21)13-23(18-26)10-6-12-25(17-23)15-19-7-5-11-24-14-19/h3-5,7-9,11,14H,2,6,10,12-13,15-18H2,1H3. The van der Waals surface area contributed by atoms with Crippen LogP contribution in [-0.2, 0) is 24.3 Å². The van der Waals surface area contributed by atoms with Gasteiger partial charge in [-0.1, -0.05) is 37.3 Å². The number of fused-ring (bicyclic) bond motifs is 1. The number of hydrogen-bond acceptors (Lipinski definition) is 3. The van der Waals surface area contributed by atoms with Crippen LogP contribution in [0, 0.1) is 5.41 Å². The molecule has 2 aliphatic rings. The molecule has 1 amide bonds. The Hall–Kier alpha value is -2.20. The Morgan fingerprint density at radius 1 is 1.15 bits per heavy atom. The van der Waals surface area contributed by atoms with Gasteiger partial charge in [-0.25, -0.2) is 0 Å². The molecule has 0 bridgehead atoms. The van der Waals surface area contributed by atoms with Gasteiger partial charge in [-0.2, -0.15) is 0 Å². The van der Waals surface area contributed by atoms with Crippen LogP contribution >= 0.6 is 0 Å². The highest BCUT2D eigenvalue weighted by atomic mass is 16.2. The fourth-order valence-electron chi connectivity index (χ4n) is 4.88. The number of hydrogen-bond donors (Lipinski definition) is 0. The molecular weight excluding hydrogens is 334 g/mol. The number of rotatable bonds is 3. The van der Waals surface area contributed by atoms with Crippen molar-refractivity contribution in [2.24, 2.45) is 5.41 Å². The summed E-state index contributed by atoms with van der Waals surface area (Å²) in [5.74, 6) is 0.274. The van der Waals surface area contributed by atoms with E-state index in [9.17, 15) is 4.79 Å². The van der Waals surface area contributed by atoms with Crippen LogP contribution in [-0.4, -0.2) is 40.3 Å². The summed E-state index contributed by atoms with van der Waals surface area (Å²) in [6.45, 7) is 6.72. The van der Waals surface area contributed by atoms with E-state index in [2.05, 4.69) is 45.1 Å². The van der Waals surface area contributed by atoms with E-state index < -0.39 is 0 Å². The average molecular weight is 364 g/mol. The zero-order chi connectivity index (χ0) is 18.7. The van der Waals surface area contributed by atoms with Crippen LogP contribution in [0.5, 0.6) is 0 Å². The summed E-state index contributed by atoms with van der Waals surface area (Å²) < 4.78 is 0. The Balaban J connectivity index is 1.60. The molecule has 1 saturated heterocycles. The number of aromatic nitrogens is 1. The second-order valence-corrected chi connectivity index (χ2v) is 8.22. The Morgan fingerprint density at radius 3 is 2.78 bits per heavy atom. The summed E-state index contributed by atoms with van der Waals surface area (Å²) in [6, 6.07) is 12.9. The first-order valence-corrected chi connectivity index (χ1v) is 10.1. The minimum atomic E-state index is 0.151. The highest BCUT2D eigenvalue weighted by Gasteiger charge is 2.40. The first-order chi connectivity index (χ1) is 13.2. The van der Waals surface area contributed by atoms with E-state index in [1.165, 1.54) is 29.5 Å². The highest BCUT2D eigenvalue weighted by Crippen LogP contribution is 2.38. The van der Waals surface area contributed by atoms with Crippen LogP contribution in [0.3, 0.4) is 0 Å². The second-order valence-electron chi connectivity index (χ2n) is 8.22. The van der Waals surface area contributed by atoms with Gasteiger partial charge in [-0.3, -0.25) is 14.7 Å². The van der Waals surface area contributed by atoms with E-state index in [1.54, 1.807) is 0 Å². The third kappa shape index (κ3) is 4.06. The van der Waals surface area contributed by atoms with Crippen molar-refractivity contribution < 1.29 is 4.79 Å². The summed E-state index contributed by atoms with van der Waals surface area (Å²) in [6.07, 6.45) is 7.83. The number of likely N-dealkylation sites (tertiary alicyclic amines) is 1. The quantitative estimate of drug-likeness (QED) is 0.835. The van der Waals surface area contributed by atoms with Crippen molar-refractivity contribution in [2.45, 2.75) is 45.7 Å². The maximum absolute atomic E-state index is 12.6. The monoisotopic (exact) mass is 363 g/mol. The first-order valence-electron chi connectivity index (χ1n) is 10.1. The van der Waals surface area contributed by atoms with Crippen LogP contribution in [0.2, 0.25) is 0 Å². The van der Waals surface area contributed by atoms with E-state index >= 15 is 0 Å². The molecule has 0 N–H and O–H groups in total. The molecule has 2 aliphatic heterocycles. The van der Waals surface area contributed by atoms with Crippen molar-refractivity contribution in [1.82, 2.24) is 14.8 Å². The van der Waals surface area contributed by atoms with Crippen molar-refractivity contribution in [2.75, 3.05) is 19.6 Å². The van der Waals surface area contributed by atoms with Crippen molar-refractivity contribution >= 4 is 5.91 Å². The smallest absolute Gasteiger partial charge is 0.222 e. The van der Waals surface area contributed by atoms with Gasteiger partial charge in [0.1, 0.15) is 0 Å². The molecule has 1 aromatic carbocycles. The maximum Gasteiger partial charge on any atom is 0.222 e. The Labute approximate surface area is 162 Å². The van der Waals surface area contributed by atoms with Gasteiger partial charge in [-0.15, -0.1) is 0 Å². The zero-order valence-corrected chi connectivity index (χ0v) is 16.2. The molecular formula is C23H29N3O. The highest BCUT2D eigenvalue weighted by molar-refractivity contribution is 5.76. The minimum absolute atomic E-state index is 0.151. The number of benzene rings is 1. The number of amides is 1. The first kappa shape index (κ1) is 18.2. The molecule has 0 radical (unpaired) electrons. The summed E-state index contributed by atoms with van der Waals surface area (Å²) in [5.41, 5.74) is 4.16. The van der Waals surface area contributed by atoms with Gasteiger partial charge < -0.3 is 4.90 Å². The van der Waals surface area contributed by atoms with E-state index in [0.29, 0.717) is 6.42 Å². The number of carbonyl (C=O) groups is 1. The Morgan fingerprint density at radius 2 is 2.00 bits per heavy atom. The van der Waals surface area contributed by atoms with E-state index in [1.807, 2.05) is 25.4 Å². The molecule has 0 saturated carbocycles. The number of pyridine rings is 1. The average Bonchev–Trinajstić information content (AvgIpc) is 2.84. The summed E-state index contributed by atoms with van der Waals surface area (Å²) >= 11 is 0. The Kier molecular flexibility index (Phi) is 5.26. The van der Waals surface area contributed by atoms with Crippen molar-refractivity contribution in [3.05, 3.63) is 65.5 Å². The van der Waals surface area contributed by atoms with E-state index in [0.717, 1.165) is 39.1 Å². The lowest BCUT2D eigenvalue weighted by atomic mass is 9.74. The minimum Gasteiger partial charge on any atom is -0.338 e. The molecule has 3 heterocycles. The summed E-state index contributed by atoms with van der Waals surface area (Å²) in [7, 11) is 0. The molecule has 0 aliphatic carbocycles. The van der Waals surface area contributed by atoms with Gasteiger partial charge in [0.2, 0.25) is 5.91 Å². The topological polar surface area (TPSA) is 36.4 Å². The third-order valence-corrected chi connectivity index (χ3v) is 6.10. The third-order valence-electron chi connectivity index (χ3n) is 6.10. The fourth-order valence-corrected chi connectivity index (χ4v) is 4.88. The SMILES string of the molecule is CCC(=O)N1Cc2ccccc2CC2(CCCN(Cc3cccnc3)C2)C1. The molecule has 1 unspecified atom stereocenters. The molecule has 4 heteroatoms. The van der Waals surface area contributed by atoms with Crippen molar-refractivity contribution in [1.29, 1.82) is 0 Å². The summed E-state index contributed by atoms with van der Waals surface area (Å²) in [4.78, 5) is 21.6. The van der Waals surface area contributed by atoms with Crippen LogP contribution in [0.25, 0.3) is 0 Å². The van der Waals surface area contributed by atoms with Crippen LogP contribution in [0.4, 0.5) is 0 Å². The van der Waals surface area contributed by atoms with Gasteiger partial charge in [-0.05, 0) is 48.6 Å². The van der Waals surface area contributed by atoms with E-state index in [-0.39, 0.29) is 11.3 Å². The fraction of sp³-hybridized carbons (Fsp3) is 0.478. The molecule has 1 atom stereocenters. The van der Waals surface area contributed by atoms with Crippen LogP contribution in [0.1, 0.15) is 42.9 Å². The van der Waals surface area contributed by atoms with Crippen LogP contribution < -0.4 is 0 Å². The Bertz CT molecular complexity index is 791. The molecule has 142 valence electrons. The zero-order valence-electron chi connectivity index (χ0n) is 16.2. The second kappa shape index (κ2) is 7.81. The number of nitrogens with zero attached hydrogens (tertiary/aromatic N) is 3. The van der Waals surface area contributed by atoms with Crippen molar-refractivity contribution in [3.63, 3.8) is 0 Å². The molecule has 4 nitrogen and oxygen atoms in total. The summed E-state index contributed by atoms with van der Waals surface area (Å²) in [5, 5.41) is 0. The van der Waals surface area contributed by atoms with Gasteiger partial charge in [0, 0.05) is 50.4 Å². The predicted molar refractivity (Wildman–Crippen MR) is 107 cm³/mol. The molecule has 4 rings (SSSR count). The maximum atomic E-state index is 12.6. The molecule has 27 heavy (non-hydrogen) atoms. The van der Waals surface area contributed by atoms with E-state index in [4.69, 9.17) is 0 Å². The predicted octanol–water partition coefficient (Wildman–Crippen LogP) is 3.66. The number of piperidine rings is 1. The molecule has 1 spiro atoms.